The number of nitrogens with zero attached hydrogens (tertiary/aromatic N) is 2. The molecule has 1 aromatic rings. The molecule has 1 aromatic carbocycles. The van der Waals surface area contributed by atoms with E-state index in [0.29, 0.717) is 24.6 Å². The van der Waals surface area contributed by atoms with Gasteiger partial charge in [-0.1, -0.05) is 0 Å². The standard InChI is InChI=1S/C21H26N2O8/c1-21(2,3)31-20(26)23-10-14(7-15(23)18(24)27-4)30-19(25)22-8-12-5-16-17(29-11-28-16)6-13(12)9-22/h5-6,14-15H,7-11H2,1-4H3/t14-,15+/m1/s1. The molecule has 0 aliphatic carbocycles. The number of carbonyl (C=O) groups is 3. The van der Waals surface area contributed by atoms with Crippen LogP contribution in [0.5, 0.6) is 11.5 Å². The monoisotopic (exact) mass is 434 g/mol. The second kappa shape index (κ2) is 7.82. The number of esters is 1. The normalized spacial score (nSPS) is 21.7. The van der Waals surface area contributed by atoms with E-state index >= 15 is 0 Å². The lowest BCUT2D eigenvalue weighted by Gasteiger charge is -2.27. The first-order valence-electron chi connectivity index (χ1n) is 10.1. The van der Waals surface area contributed by atoms with Crippen LogP contribution in [-0.4, -0.2) is 66.1 Å². The molecular formula is C21H26N2O8. The van der Waals surface area contributed by atoms with E-state index < -0.39 is 35.9 Å². The van der Waals surface area contributed by atoms with E-state index in [0.717, 1.165) is 11.1 Å². The summed E-state index contributed by atoms with van der Waals surface area (Å²) in [6, 6.07) is 2.88. The van der Waals surface area contributed by atoms with Crippen LogP contribution in [0.3, 0.4) is 0 Å². The van der Waals surface area contributed by atoms with Crippen LogP contribution in [0.15, 0.2) is 12.1 Å². The van der Waals surface area contributed by atoms with E-state index in [2.05, 4.69) is 0 Å². The van der Waals surface area contributed by atoms with Crippen molar-refractivity contribution in [3.8, 4) is 11.5 Å². The van der Waals surface area contributed by atoms with Gasteiger partial charge < -0.3 is 23.7 Å². The Kier molecular flexibility index (Phi) is 5.32. The van der Waals surface area contributed by atoms with Crippen molar-refractivity contribution in [2.75, 3.05) is 20.4 Å². The smallest absolute Gasteiger partial charge is 0.411 e. The third-order valence-corrected chi connectivity index (χ3v) is 5.31. The summed E-state index contributed by atoms with van der Waals surface area (Å²) in [7, 11) is 1.25. The molecule has 0 aromatic heterocycles. The van der Waals surface area contributed by atoms with Crippen LogP contribution in [0.2, 0.25) is 0 Å². The maximum absolute atomic E-state index is 12.8. The summed E-state index contributed by atoms with van der Waals surface area (Å²) in [5, 5.41) is 0. The zero-order valence-corrected chi connectivity index (χ0v) is 18.0. The lowest BCUT2D eigenvalue weighted by molar-refractivity contribution is -0.145. The number of hydrogen-bond acceptors (Lipinski definition) is 8. The van der Waals surface area contributed by atoms with E-state index in [1.807, 2.05) is 12.1 Å². The Morgan fingerprint density at radius 1 is 1.03 bits per heavy atom. The fraction of sp³-hybridized carbons (Fsp3) is 0.571. The number of fused-ring (bicyclic) bond motifs is 2. The highest BCUT2D eigenvalue weighted by atomic mass is 16.7. The molecule has 0 unspecified atom stereocenters. The molecule has 3 aliphatic heterocycles. The van der Waals surface area contributed by atoms with Gasteiger partial charge in [-0.2, -0.15) is 0 Å². The molecule has 0 saturated carbocycles. The largest absolute Gasteiger partial charge is 0.467 e. The number of benzene rings is 1. The van der Waals surface area contributed by atoms with E-state index in [-0.39, 0.29) is 19.8 Å². The molecule has 0 radical (unpaired) electrons. The Morgan fingerprint density at radius 3 is 2.19 bits per heavy atom. The molecule has 3 aliphatic rings. The topological polar surface area (TPSA) is 104 Å². The van der Waals surface area contributed by atoms with Gasteiger partial charge in [0.15, 0.2) is 11.5 Å². The molecule has 0 bridgehead atoms. The van der Waals surface area contributed by atoms with Crippen LogP contribution in [-0.2, 0) is 32.1 Å². The van der Waals surface area contributed by atoms with Crippen molar-refractivity contribution in [1.29, 1.82) is 0 Å². The Bertz CT molecular complexity index is 876. The molecule has 4 rings (SSSR count). The number of hydrogen-bond donors (Lipinski definition) is 0. The number of carbonyl (C=O) groups excluding carboxylic acids is 3. The Balaban J connectivity index is 1.40. The Hall–Kier alpha value is -3.17. The van der Waals surface area contributed by atoms with Crippen LogP contribution in [0, 0.1) is 0 Å². The van der Waals surface area contributed by atoms with Crippen molar-refractivity contribution in [3.05, 3.63) is 23.3 Å². The van der Waals surface area contributed by atoms with Gasteiger partial charge in [0.1, 0.15) is 17.7 Å². The highest BCUT2D eigenvalue weighted by Gasteiger charge is 2.44. The molecule has 0 N–H and O–H groups in total. The number of methoxy groups -OCH3 is 1. The zero-order valence-electron chi connectivity index (χ0n) is 18.0. The quantitative estimate of drug-likeness (QED) is 0.516. The third-order valence-electron chi connectivity index (χ3n) is 5.31. The molecule has 2 amide bonds. The van der Waals surface area contributed by atoms with E-state index in [1.165, 1.54) is 12.0 Å². The maximum Gasteiger partial charge on any atom is 0.411 e. The van der Waals surface area contributed by atoms with Crippen molar-refractivity contribution < 1.29 is 38.1 Å². The molecule has 31 heavy (non-hydrogen) atoms. The third kappa shape index (κ3) is 4.33. The van der Waals surface area contributed by atoms with Gasteiger partial charge in [-0.25, -0.2) is 14.4 Å². The van der Waals surface area contributed by atoms with E-state index in [4.69, 9.17) is 23.7 Å². The van der Waals surface area contributed by atoms with E-state index in [1.54, 1.807) is 25.7 Å². The van der Waals surface area contributed by atoms with Gasteiger partial charge in [-0.15, -0.1) is 0 Å². The van der Waals surface area contributed by atoms with E-state index in [9.17, 15) is 14.4 Å². The van der Waals surface area contributed by atoms with Crippen molar-refractivity contribution in [2.24, 2.45) is 0 Å². The lowest BCUT2D eigenvalue weighted by Crippen LogP contribution is -2.44. The molecule has 1 fully saturated rings. The molecule has 10 nitrogen and oxygen atoms in total. The molecule has 3 heterocycles. The first-order valence-corrected chi connectivity index (χ1v) is 10.1. The van der Waals surface area contributed by atoms with Crippen molar-refractivity contribution in [3.63, 3.8) is 0 Å². The van der Waals surface area contributed by atoms with Gasteiger partial charge in [0, 0.05) is 19.5 Å². The van der Waals surface area contributed by atoms with Crippen LogP contribution in [0.25, 0.3) is 0 Å². The molecule has 1 saturated heterocycles. The number of ether oxygens (including phenoxy) is 5. The Labute approximate surface area is 179 Å². The molecule has 2 atom stereocenters. The predicted octanol–water partition coefficient (Wildman–Crippen LogP) is 2.42. The zero-order chi connectivity index (χ0) is 22.3. The average Bonchev–Trinajstić information content (AvgIpc) is 3.41. The van der Waals surface area contributed by atoms with Crippen LogP contribution >= 0.6 is 0 Å². The number of likely N-dealkylation sites (tertiary alicyclic amines) is 1. The maximum atomic E-state index is 12.8. The van der Waals surface area contributed by atoms with Gasteiger partial charge in [-0.3, -0.25) is 9.80 Å². The fourth-order valence-electron chi connectivity index (χ4n) is 3.90. The molecule has 0 spiro atoms. The summed E-state index contributed by atoms with van der Waals surface area (Å²) in [5.41, 5.74) is 1.22. The van der Waals surface area contributed by atoms with Crippen molar-refractivity contribution in [2.45, 2.75) is 58.0 Å². The number of rotatable bonds is 2. The first kappa shape index (κ1) is 21.1. The fourth-order valence-corrected chi connectivity index (χ4v) is 3.90. The van der Waals surface area contributed by atoms with Gasteiger partial charge in [0.2, 0.25) is 6.79 Å². The predicted molar refractivity (Wildman–Crippen MR) is 105 cm³/mol. The van der Waals surface area contributed by atoms with Crippen LogP contribution in [0.1, 0.15) is 38.3 Å². The highest BCUT2D eigenvalue weighted by molar-refractivity contribution is 5.82. The lowest BCUT2D eigenvalue weighted by atomic mass is 10.1. The minimum atomic E-state index is -0.870. The summed E-state index contributed by atoms with van der Waals surface area (Å²) >= 11 is 0. The SMILES string of the molecule is COC(=O)[C@@H]1C[C@@H](OC(=O)N2Cc3cc4c(cc3C2)OCO4)CN1C(=O)OC(C)(C)C. The van der Waals surface area contributed by atoms with Gasteiger partial charge in [-0.05, 0) is 44.0 Å². The van der Waals surface area contributed by atoms with Crippen LogP contribution in [0.4, 0.5) is 9.59 Å². The molecular weight excluding hydrogens is 408 g/mol. The van der Waals surface area contributed by atoms with Crippen molar-refractivity contribution >= 4 is 18.2 Å². The van der Waals surface area contributed by atoms with Gasteiger partial charge in [0.05, 0.1) is 13.7 Å². The minimum Gasteiger partial charge on any atom is -0.467 e. The summed E-state index contributed by atoms with van der Waals surface area (Å²) in [5.74, 6) is 0.755. The summed E-state index contributed by atoms with van der Waals surface area (Å²) in [6.07, 6.45) is -1.67. The summed E-state index contributed by atoms with van der Waals surface area (Å²) in [6.45, 7) is 6.23. The molecule has 168 valence electrons. The van der Waals surface area contributed by atoms with Gasteiger partial charge in [0.25, 0.3) is 0 Å². The average molecular weight is 434 g/mol. The van der Waals surface area contributed by atoms with Crippen molar-refractivity contribution in [1.82, 2.24) is 9.80 Å². The highest BCUT2D eigenvalue weighted by Crippen LogP contribution is 2.38. The second-order valence-corrected chi connectivity index (χ2v) is 8.74. The van der Waals surface area contributed by atoms with Crippen LogP contribution < -0.4 is 9.47 Å². The second-order valence-electron chi connectivity index (χ2n) is 8.74. The Morgan fingerprint density at radius 2 is 1.65 bits per heavy atom. The minimum absolute atomic E-state index is 0.0528. The number of amides is 2. The summed E-state index contributed by atoms with van der Waals surface area (Å²) < 4.78 is 26.6. The van der Waals surface area contributed by atoms with Gasteiger partial charge >= 0.3 is 18.2 Å². The summed E-state index contributed by atoms with van der Waals surface area (Å²) in [4.78, 5) is 40.3. The molecule has 10 heteroatoms. The first-order chi connectivity index (χ1) is 14.6.